The number of aryl methyl sites for hydroxylation is 1. The second-order valence-electron chi connectivity index (χ2n) is 5.79. The van der Waals surface area contributed by atoms with Crippen LogP contribution in [0.3, 0.4) is 0 Å². The van der Waals surface area contributed by atoms with Crippen LogP contribution >= 0.6 is 11.3 Å². The first-order valence-electron chi connectivity index (χ1n) is 6.27. The van der Waals surface area contributed by atoms with Gasteiger partial charge in [0.15, 0.2) is 0 Å². The minimum absolute atomic E-state index is 0.169. The van der Waals surface area contributed by atoms with Gasteiger partial charge in [0.25, 0.3) is 0 Å². The first-order valence-corrected chi connectivity index (χ1v) is 7.15. The van der Waals surface area contributed by atoms with Crippen LogP contribution in [-0.2, 0) is 0 Å². The third kappa shape index (κ3) is 4.09. The molecule has 0 spiro atoms. The molecule has 1 heterocycles. The molecule has 0 amide bonds. The maximum absolute atomic E-state index is 9.16. The van der Waals surface area contributed by atoms with Crippen LogP contribution in [0.2, 0.25) is 0 Å². The SMILES string of the molecule is Cc1ccsc1C(C)NC(CCO)C(C)(C)C. The van der Waals surface area contributed by atoms with Crippen LogP contribution in [0.4, 0.5) is 0 Å². The fourth-order valence-electron chi connectivity index (χ4n) is 2.10. The van der Waals surface area contributed by atoms with E-state index in [4.69, 9.17) is 5.11 Å². The summed E-state index contributed by atoms with van der Waals surface area (Å²) >= 11 is 1.80. The zero-order valence-corrected chi connectivity index (χ0v) is 12.4. The maximum Gasteiger partial charge on any atom is 0.0446 e. The van der Waals surface area contributed by atoms with E-state index in [0.717, 1.165) is 6.42 Å². The molecule has 0 aromatic carbocycles. The highest BCUT2D eigenvalue weighted by molar-refractivity contribution is 7.10. The average Bonchev–Trinajstić information content (AvgIpc) is 2.62. The third-order valence-electron chi connectivity index (χ3n) is 3.21. The molecule has 0 aliphatic carbocycles. The molecule has 17 heavy (non-hydrogen) atoms. The largest absolute Gasteiger partial charge is 0.396 e. The van der Waals surface area contributed by atoms with Gasteiger partial charge in [0.1, 0.15) is 0 Å². The Morgan fingerprint density at radius 3 is 2.47 bits per heavy atom. The Labute approximate surface area is 109 Å². The van der Waals surface area contributed by atoms with Crippen molar-refractivity contribution < 1.29 is 5.11 Å². The number of hydrogen-bond donors (Lipinski definition) is 2. The molecule has 0 aliphatic rings. The summed E-state index contributed by atoms with van der Waals surface area (Å²) in [5.74, 6) is 0. The van der Waals surface area contributed by atoms with Gasteiger partial charge in [0.2, 0.25) is 0 Å². The topological polar surface area (TPSA) is 32.3 Å². The van der Waals surface area contributed by atoms with Crippen LogP contribution in [-0.4, -0.2) is 17.8 Å². The van der Waals surface area contributed by atoms with Crippen LogP contribution in [0, 0.1) is 12.3 Å². The van der Waals surface area contributed by atoms with E-state index in [0.29, 0.717) is 12.1 Å². The summed E-state index contributed by atoms with van der Waals surface area (Å²) < 4.78 is 0. The lowest BCUT2D eigenvalue weighted by Gasteiger charge is -2.33. The number of rotatable bonds is 5. The van der Waals surface area contributed by atoms with Gasteiger partial charge in [0.05, 0.1) is 0 Å². The quantitative estimate of drug-likeness (QED) is 0.844. The van der Waals surface area contributed by atoms with Gasteiger partial charge in [-0.15, -0.1) is 11.3 Å². The molecule has 2 N–H and O–H groups in total. The van der Waals surface area contributed by atoms with Crippen molar-refractivity contribution in [2.45, 2.75) is 53.1 Å². The Bertz CT molecular complexity index is 340. The van der Waals surface area contributed by atoms with E-state index in [9.17, 15) is 0 Å². The second kappa shape index (κ2) is 5.98. The van der Waals surface area contributed by atoms with Gasteiger partial charge < -0.3 is 10.4 Å². The molecule has 0 bridgehead atoms. The first-order chi connectivity index (χ1) is 7.86. The van der Waals surface area contributed by atoms with Crippen molar-refractivity contribution in [3.8, 4) is 0 Å². The molecule has 3 heteroatoms. The van der Waals surface area contributed by atoms with Gasteiger partial charge in [-0.3, -0.25) is 0 Å². The lowest BCUT2D eigenvalue weighted by molar-refractivity contribution is 0.188. The van der Waals surface area contributed by atoms with Crippen LogP contribution in [0.25, 0.3) is 0 Å². The predicted molar refractivity (Wildman–Crippen MR) is 75.6 cm³/mol. The van der Waals surface area contributed by atoms with E-state index in [1.165, 1.54) is 10.4 Å². The van der Waals surface area contributed by atoms with Crippen LogP contribution in [0.5, 0.6) is 0 Å². The monoisotopic (exact) mass is 255 g/mol. The molecular formula is C14H25NOS. The molecule has 1 aromatic rings. The second-order valence-corrected chi connectivity index (χ2v) is 6.73. The molecule has 0 saturated carbocycles. The third-order valence-corrected chi connectivity index (χ3v) is 4.41. The Balaban J connectivity index is 2.71. The van der Waals surface area contributed by atoms with E-state index in [1.807, 2.05) is 0 Å². The molecule has 1 aromatic heterocycles. The number of aliphatic hydroxyl groups excluding tert-OH is 1. The summed E-state index contributed by atoms with van der Waals surface area (Å²) in [6.45, 7) is 11.2. The minimum Gasteiger partial charge on any atom is -0.396 e. The summed E-state index contributed by atoms with van der Waals surface area (Å²) in [6.07, 6.45) is 0.804. The van der Waals surface area contributed by atoms with Crippen molar-refractivity contribution in [1.82, 2.24) is 5.32 Å². The summed E-state index contributed by atoms with van der Waals surface area (Å²) in [7, 11) is 0. The highest BCUT2D eigenvalue weighted by atomic mass is 32.1. The molecule has 0 radical (unpaired) electrons. The normalized spacial score (nSPS) is 15.9. The zero-order valence-electron chi connectivity index (χ0n) is 11.6. The summed E-state index contributed by atoms with van der Waals surface area (Å²) in [4.78, 5) is 1.40. The predicted octanol–water partition coefficient (Wildman–Crippen LogP) is 3.50. The summed E-state index contributed by atoms with van der Waals surface area (Å²) in [5.41, 5.74) is 1.52. The number of thiophene rings is 1. The maximum atomic E-state index is 9.16. The van der Waals surface area contributed by atoms with Crippen molar-refractivity contribution in [3.63, 3.8) is 0 Å². The Morgan fingerprint density at radius 1 is 1.41 bits per heavy atom. The van der Waals surface area contributed by atoms with Crippen LogP contribution in [0.1, 0.15) is 50.6 Å². The highest BCUT2D eigenvalue weighted by Gasteiger charge is 2.26. The van der Waals surface area contributed by atoms with Crippen molar-refractivity contribution in [1.29, 1.82) is 0 Å². The number of aliphatic hydroxyl groups is 1. The number of hydrogen-bond acceptors (Lipinski definition) is 3. The van der Waals surface area contributed by atoms with Gasteiger partial charge in [0, 0.05) is 23.6 Å². The first kappa shape index (κ1) is 14.7. The van der Waals surface area contributed by atoms with E-state index in [-0.39, 0.29) is 12.0 Å². The van der Waals surface area contributed by atoms with Gasteiger partial charge in [-0.1, -0.05) is 20.8 Å². The van der Waals surface area contributed by atoms with Gasteiger partial charge >= 0.3 is 0 Å². The highest BCUT2D eigenvalue weighted by Crippen LogP contribution is 2.28. The molecule has 0 aliphatic heterocycles. The number of nitrogens with one attached hydrogen (secondary N) is 1. The molecule has 1 rings (SSSR count). The van der Waals surface area contributed by atoms with Gasteiger partial charge in [-0.05, 0) is 42.7 Å². The lowest BCUT2D eigenvalue weighted by Crippen LogP contribution is -2.42. The average molecular weight is 255 g/mol. The van der Waals surface area contributed by atoms with Crippen molar-refractivity contribution in [3.05, 3.63) is 21.9 Å². The zero-order chi connectivity index (χ0) is 13.1. The van der Waals surface area contributed by atoms with Gasteiger partial charge in [-0.2, -0.15) is 0 Å². The molecular weight excluding hydrogens is 230 g/mol. The molecule has 2 nitrogen and oxygen atoms in total. The molecule has 2 unspecified atom stereocenters. The van der Waals surface area contributed by atoms with Crippen molar-refractivity contribution >= 4 is 11.3 Å². The standard InChI is InChI=1S/C14H25NOS/c1-10-7-9-17-13(10)11(2)15-12(6-8-16)14(3,4)5/h7,9,11-12,15-16H,6,8H2,1-5H3. The van der Waals surface area contributed by atoms with E-state index < -0.39 is 0 Å². The molecule has 0 fully saturated rings. The fraction of sp³-hybridized carbons (Fsp3) is 0.714. The summed E-state index contributed by atoms with van der Waals surface area (Å²) in [5, 5.41) is 15.0. The summed E-state index contributed by atoms with van der Waals surface area (Å²) in [6, 6.07) is 2.85. The lowest BCUT2D eigenvalue weighted by atomic mass is 9.84. The van der Waals surface area contributed by atoms with Crippen molar-refractivity contribution in [2.24, 2.45) is 5.41 Å². The Hall–Kier alpha value is -0.380. The molecule has 2 atom stereocenters. The fourth-order valence-corrected chi connectivity index (χ4v) is 3.05. The Morgan fingerprint density at radius 2 is 2.06 bits per heavy atom. The van der Waals surface area contributed by atoms with E-state index >= 15 is 0 Å². The van der Waals surface area contributed by atoms with E-state index in [1.54, 1.807) is 11.3 Å². The van der Waals surface area contributed by atoms with Crippen LogP contribution in [0.15, 0.2) is 11.4 Å². The Kier molecular flexibility index (Phi) is 5.17. The molecule has 98 valence electrons. The molecule has 0 saturated heterocycles. The van der Waals surface area contributed by atoms with Crippen molar-refractivity contribution in [2.75, 3.05) is 6.61 Å². The van der Waals surface area contributed by atoms with E-state index in [2.05, 4.69) is 51.4 Å². The minimum atomic E-state index is 0.169. The van der Waals surface area contributed by atoms with Crippen LogP contribution < -0.4 is 5.32 Å². The smallest absolute Gasteiger partial charge is 0.0446 e. The van der Waals surface area contributed by atoms with Gasteiger partial charge in [-0.25, -0.2) is 0 Å².